The second-order valence-corrected chi connectivity index (χ2v) is 5.24. The van der Waals surface area contributed by atoms with E-state index >= 15 is 0 Å². The summed E-state index contributed by atoms with van der Waals surface area (Å²) < 4.78 is 6.36. The fraction of sp³-hybridized carbons (Fsp3) is 0.308. The highest BCUT2D eigenvalue weighted by Crippen LogP contribution is 2.34. The Bertz CT molecular complexity index is 601. The molecule has 1 aliphatic rings. The van der Waals surface area contributed by atoms with E-state index in [9.17, 15) is 4.79 Å². The summed E-state index contributed by atoms with van der Waals surface area (Å²) in [6.45, 7) is 0.671. The van der Waals surface area contributed by atoms with E-state index in [0.29, 0.717) is 28.3 Å². The Hall–Kier alpha value is -1.98. The average molecular weight is 339 g/mol. The summed E-state index contributed by atoms with van der Waals surface area (Å²) in [5.41, 5.74) is 6.93. The van der Waals surface area contributed by atoms with Crippen LogP contribution < -0.4 is 9.65 Å². The molecule has 0 atom stereocenters. The molecule has 0 bridgehead atoms. The predicted octanol–water partition coefficient (Wildman–Crippen LogP) is 3.21. The van der Waals surface area contributed by atoms with Gasteiger partial charge in [-0.2, -0.15) is 0 Å². The first-order chi connectivity index (χ1) is 9.61. The maximum Gasteiger partial charge on any atom is 0.362 e. The van der Waals surface area contributed by atoms with Crippen molar-refractivity contribution in [2.24, 2.45) is 11.0 Å². The van der Waals surface area contributed by atoms with Crippen LogP contribution in [0.25, 0.3) is 6.08 Å². The van der Waals surface area contributed by atoms with Gasteiger partial charge in [-0.25, -0.2) is 4.79 Å². The molecule has 0 amide bonds. The molecule has 0 aliphatic heterocycles. The number of nitrogens with one attached hydrogen (secondary N) is 1. The van der Waals surface area contributed by atoms with Gasteiger partial charge < -0.3 is 9.84 Å². The van der Waals surface area contributed by atoms with Gasteiger partial charge in [-0.15, -0.1) is 0 Å². The third kappa shape index (κ3) is 3.76. The molecule has 104 valence electrons. The molecule has 1 fully saturated rings. The lowest BCUT2D eigenvalue weighted by Gasteiger charge is -2.09. The lowest BCUT2D eigenvalue weighted by molar-refractivity contribution is -0.132. The van der Waals surface area contributed by atoms with E-state index < -0.39 is 5.97 Å². The number of nitrogens with zero attached hydrogens (tertiary/aromatic N) is 2. The highest BCUT2D eigenvalue weighted by molar-refractivity contribution is 9.10. The van der Waals surface area contributed by atoms with Crippen LogP contribution in [0.1, 0.15) is 18.4 Å². The normalized spacial score (nSPS) is 14.6. The first-order valence-corrected chi connectivity index (χ1v) is 6.85. The smallest absolute Gasteiger partial charge is 0.362 e. The van der Waals surface area contributed by atoms with Crippen molar-refractivity contribution in [3.8, 4) is 5.75 Å². The summed E-state index contributed by atoms with van der Waals surface area (Å²) in [5.74, 6) is 0.0585. The van der Waals surface area contributed by atoms with Crippen molar-refractivity contribution in [3.63, 3.8) is 0 Å². The van der Waals surface area contributed by atoms with Crippen molar-refractivity contribution >= 4 is 28.0 Å². The topological polar surface area (TPSA) is 96.8 Å². The van der Waals surface area contributed by atoms with Crippen molar-refractivity contribution in [3.05, 3.63) is 33.9 Å². The summed E-state index contributed by atoms with van der Waals surface area (Å²) in [5, 5.41) is 12.2. The summed E-state index contributed by atoms with van der Waals surface area (Å²) in [4.78, 5) is 13.7. The molecule has 6 nitrogen and oxygen atoms in total. The van der Waals surface area contributed by atoms with Gasteiger partial charge in [-0.05, 0) is 52.4 Å². The molecule has 2 rings (SSSR count). The minimum atomic E-state index is -1.24. The molecule has 0 unspecified atom stereocenters. The van der Waals surface area contributed by atoms with Crippen LogP contribution in [-0.2, 0) is 4.79 Å². The van der Waals surface area contributed by atoms with Gasteiger partial charge in [0.15, 0.2) is 5.11 Å². The Balaban J connectivity index is 2.26. The molecule has 7 heteroatoms. The Kier molecular flexibility index (Phi) is 4.65. The minimum absolute atomic E-state index is 0.306. The van der Waals surface area contributed by atoms with Gasteiger partial charge in [-0.1, -0.05) is 12.1 Å². The second-order valence-electron chi connectivity index (χ2n) is 4.45. The zero-order valence-electron chi connectivity index (χ0n) is 10.5. The van der Waals surface area contributed by atoms with E-state index in [1.165, 1.54) is 18.9 Å². The first kappa shape index (κ1) is 14.4. The van der Waals surface area contributed by atoms with E-state index in [-0.39, 0.29) is 5.70 Å². The monoisotopic (exact) mass is 338 g/mol. The Morgan fingerprint density at radius 2 is 2.35 bits per heavy atom. The maximum absolute atomic E-state index is 11.0. The number of aliphatic carboxylic acids is 1. The van der Waals surface area contributed by atoms with Crippen LogP contribution in [0.15, 0.2) is 33.5 Å². The first-order valence-electron chi connectivity index (χ1n) is 6.05. The third-order valence-electron chi connectivity index (χ3n) is 2.83. The van der Waals surface area contributed by atoms with E-state index in [4.69, 9.17) is 15.4 Å². The van der Waals surface area contributed by atoms with Gasteiger partial charge in [-0.3, -0.25) is 0 Å². The molecule has 0 spiro atoms. The highest BCUT2D eigenvalue weighted by Gasteiger charge is 2.22. The zero-order valence-corrected chi connectivity index (χ0v) is 12.1. The highest BCUT2D eigenvalue weighted by atomic mass is 79.9. The molecule has 1 aromatic rings. The lowest BCUT2D eigenvalue weighted by atomic mass is 10.2. The third-order valence-corrected chi connectivity index (χ3v) is 3.68. The largest absolute Gasteiger partial charge is 0.492 e. The number of carboxylic acids is 1. The molecule has 2 N–H and O–H groups in total. The van der Waals surface area contributed by atoms with Crippen molar-refractivity contribution in [2.45, 2.75) is 12.8 Å². The van der Waals surface area contributed by atoms with Crippen LogP contribution in [0.2, 0.25) is 0 Å². The van der Waals surface area contributed by atoms with Crippen LogP contribution in [0.5, 0.6) is 5.75 Å². The Morgan fingerprint density at radius 3 is 2.95 bits per heavy atom. The lowest BCUT2D eigenvalue weighted by Crippen LogP contribution is -2.01. The Morgan fingerprint density at radius 1 is 1.60 bits per heavy atom. The number of benzene rings is 1. The fourth-order valence-corrected chi connectivity index (χ4v) is 2.07. The number of rotatable bonds is 6. The van der Waals surface area contributed by atoms with Crippen molar-refractivity contribution < 1.29 is 14.6 Å². The van der Waals surface area contributed by atoms with Gasteiger partial charge in [0.05, 0.1) is 11.1 Å². The van der Waals surface area contributed by atoms with Gasteiger partial charge in [0, 0.05) is 0 Å². The van der Waals surface area contributed by atoms with E-state index in [2.05, 4.69) is 26.0 Å². The second kappa shape index (κ2) is 6.45. The molecule has 1 saturated carbocycles. The van der Waals surface area contributed by atoms with E-state index in [0.717, 1.165) is 0 Å². The molecule has 0 heterocycles. The van der Waals surface area contributed by atoms with E-state index in [1.807, 2.05) is 6.07 Å². The molecule has 1 aromatic carbocycles. The molecule has 0 aromatic heterocycles. The molecule has 20 heavy (non-hydrogen) atoms. The van der Waals surface area contributed by atoms with Crippen LogP contribution in [0, 0.1) is 11.4 Å². The fourth-order valence-electron chi connectivity index (χ4n) is 1.58. The van der Waals surface area contributed by atoms with Crippen molar-refractivity contribution in [1.82, 2.24) is 4.91 Å². The molecule has 0 saturated heterocycles. The molecular weight excluding hydrogens is 326 g/mol. The molecule has 1 aliphatic carbocycles. The number of hydrogen-bond donors (Lipinski definition) is 2. The van der Waals surface area contributed by atoms with Gasteiger partial charge in [0.25, 0.3) is 0 Å². The summed E-state index contributed by atoms with van der Waals surface area (Å²) in [6.07, 6.45) is 3.74. The van der Waals surface area contributed by atoms with Gasteiger partial charge in [0.2, 0.25) is 10.6 Å². The molecular formula is C13H13BrN3O3+. The number of carboxylic acid groups (broad SMARTS) is 1. The summed E-state index contributed by atoms with van der Waals surface area (Å²) in [6, 6.07) is 5.32. The molecule has 0 radical (unpaired) electrons. The SMILES string of the molecule is N=[N+]=NC(=Cc1cccc(OCC2CC2)c1Br)C(=O)O. The van der Waals surface area contributed by atoms with Crippen LogP contribution in [0.3, 0.4) is 0 Å². The van der Waals surface area contributed by atoms with Crippen LogP contribution >= 0.6 is 15.9 Å². The minimum Gasteiger partial charge on any atom is -0.492 e. The number of hydrogen-bond acceptors (Lipinski definition) is 4. The zero-order chi connectivity index (χ0) is 14.5. The van der Waals surface area contributed by atoms with Gasteiger partial charge >= 0.3 is 5.97 Å². The number of ether oxygens (including phenoxy) is 1. The average Bonchev–Trinajstić information content (AvgIpc) is 3.23. The summed E-state index contributed by atoms with van der Waals surface area (Å²) >= 11 is 3.40. The van der Waals surface area contributed by atoms with Crippen molar-refractivity contribution in [1.29, 1.82) is 5.53 Å². The van der Waals surface area contributed by atoms with Gasteiger partial charge in [0.1, 0.15) is 11.3 Å². The predicted molar refractivity (Wildman–Crippen MR) is 75.3 cm³/mol. The number of halogens is 1. The van der Waals surface area contributed by atoms with Crippen LogP contribution in [-0.4, -0.2) is 17.7 Å². The van der Waals surface area contributed by atoms with Crippen LogP contribution in [0.4, 0.5) is 0 Å². The van der Waals surface area contributed by atoms with E-state index in [1.54, 1.807) is 12.1 Å². The number of carbonyl (C=O) groups is 1. The Labute approximate surface area is 123 Å². The summed E-state index contributed by atoms with van der Waals surface area (Å²) in [7, 11) is 0. The maximum atomic E-state index is 11.0. The van der Waals surface area contributed by atoms with Crippen molar-refractivity contribution in [2.75, 3.05) is 6.61 Å². The quantitative estimate of drug-likeness (QED) is 0.473. The standard InChI is InChI=1S/C13H12BrN3O3/c14-12-9(6-10(13(18)19)16-17-15)2-1-3-11(12)20-7-8-4-5-8/h1-3,6,8,15H,4-5,7H2/p+1.